The highest BCUT2D eigenvalue weighted by Crippen LogP contribution is 2.32. The number of aromatic hydroxyl groups is 1. The van der Waals surface area contributed by atoms with E-state index in [4.69, 9.17) is 9.15 Å². The number of anilines is 1. The van der Waals surface area contributed by atoms with Crippen molar-refractivity contribution in [2.24, 2.45) is 5.10 Å². The van der Waals surface area contributed by atoms with Crippen LogP contribution in [0.2, 0.25) is 0 Å². The zero-order valence-electron chi connectivity index (χ0n) is 18.1. The molecular formula is C24H24N4O3. The average Bonchev–Trinajstić information content (AvgIpc) is 2.72. The van der Waals surface area contributed by atoms with Crippen molar-refractivity contribution >= 4 is 16.9 Å². The summed E-state index contributed by atoms with van der Waals surface area (Å²) in [6.45, 7) is 7.93. The van der Waals surface area contributed by atoms with Crippen molar-refractivity contribution in [3.8, 4) is 22.8 Å². The Hall–Kier alpha value is -3.87. The summed E-state index contributed by atoms with van der Waals surface area (Å²) < 4.78 is 11.4. The van der Waals surface area contributed by atoms with Crippen LogP contribution in [0.1, 0.15) is 22.5 Å². The van der Waals surface area contributed by atoms with Gasteiger partial charge in [-0.25, -0.2) is 15.4 Å². The highest BCUT2D eigenvalue weighted by Gasteiger charge is 2.11. The van der Waals surface area contributed by atoms with Gasteiger partial charge in [-0.2, -0.15) is 5.10 Å². The number of aromatic nitrogens is 2. The lowest BCUT2D eigenvalue weighted by molar-refractivity contribution is 0.373. The number of phenols is 1. The lowest BCUT2D eigenvalue weighted by Crippen LogP contribution is -2.10. The van der Waals surface area contributed by atoms with E-state index in [0.29, 0.717) is 28.4 Å². The SMILES string of the molecule is COc1cc(-c2c/c(=N\Nc3nc(C)cc(C)n3)c3cc(C)c(C)cc3o2)ccc1O. The first-order valence-corrected chi connectivity index (χ1v) is 9.88. The Kier molecular flexibility index (Phi) is 5.33. The van der Waals surface area contributed by atoms with Crippen LogP contribution < -0.4 is 15.5 Å². The zero-order valence-corrected chi connectivity index (χ0v) is 18.1. The standard InChI is InChI=1S/C24H24N4O3/c1-13-8-18-19(27-28-24-25-15(3)10-16(4)26-24)12-21(31-22(18)9-14(13)2)17-6-7-20(29)23(11-17)30-5/h6-12,29H,1-5H3,(H,25,26,28)/b27-19+. The molecule has 158 valence electrons. The molecule has 4 rings (SSSR count). The summed E-state index contributed by atoms with van der Waals surface area (Å²) in [5.41, 5.74) is 8.42. The van der Waals surface area contributed by atoms with Crippen molar-refractivity contribution in [1.29, 1.82) is 0 Å². The number of nitrogens with zero attached hydrogens (tertiary/aromatic N) is 3. The molecule has 0 aliphatic rings. The molecule has 7 heteroatoms. The Bertz CT molecular complexity index is 1340. The third-order valence-corrected chi connectivity index (χ3v) is 5.08. The number of aryl methyl sites for hydroxylation is 4. The Labute approximate surface area is 180 Å². The summed E-state index contributed by atoms with van der Waals surface area (Å²) in [6.07, 6.45) is 0. The Balaban J connectivity index is 1.91. The van der Waals surface area contributed by atoms with E-state index in [1.807, 2.05) is 39.0 Å². The number of hydrogen-bond donors (Lipinski definition) is 2. The van der Waals surface area contributed by atoms with Crippen molar-refractivity contribution in [1.82, 2.24) is 9.97 Å². The first-order valence-electron chi connectivity index (χ1n) is 9.88. The molecule has 0 bridgehead atoms. The van der Waals surface area contributed by atoms with Crippen molar-refractivity contribution in [2.75, 3.05) is 12.5 Å². The molecule has 2 aromatic carbocycles. The molecule has 31 heavy (non-hydrogen) atoms. The topological polar surface area (TPSA) is 92.8 Å². The van der Waals surface area contributed by atoms with Gasteiger partial charge in [0.2, 0.25) is 5.95 Å². The van der Waals surface area contributed by atoms with Gasteiger partial charge in [0.1, 0.15) is 11.3 Å². The van der Waals surface area contributed by atoms with Crippen molar-refractivity contribution in [2.45, 2.75) is 27.7 Å². The lowest BCUT2D eigenvalue weighted by Gasteiger charge is -2.10. The molecule has 0 saturated heterocycles. The minimum Gasteiger partial charge on any atom is -0.504 e. The van der Waals surface area contributed by atoms with E-state index in [0.717, 1.165) is 33.5 Å². The maximum absolute atomic E-state index is 9.93. The normalized spacial score (nSPS) is 11.7. The van der Waals surface area contributed by atoms with Crippen LogP contribution in [-0.2, 0) is 0 Å². The van der Waals surface area contributed by atoms with E-state index in [-0.39, 0.29) is 5.75 Å². The quantitative estimate of drug-likeness (QED) is 0.466. The number of hydrogen-bond acceptors (Lipinski definition) is 7. The molecule has 2 heterocycles. The van der Waals surface area contributed by atoms with Crippen LogP contribution in [0.25, 0.3) is 22.3 Å². The van der Waals surface area contributed by atoms with E-state index in [2.05, 4.69) is 33.5 Å². The number of fused-ring (bicyclic) bond motifs is 1. The van der Waals surface area contributed by atoms with E-state index in [9.17, 15) is 5.11 Å². The van der Waals surface area contributed by atoms with Crippen molar-refractivity contribution < 1.29 is 14.3 Å². The molecule has 0 amide bonds. The monoisotopic (exact) mass is 416 g/mol. The van der Waals surface area contributed by atoms with Crippen LogP contribution in [0.3, 0.4) is 0 Å². The fourth-order valence-electron chi connectivity index (χ4n) is 3.38. The Morgan fingerprint density at radius 1 is 0.935 bits per heavy atom. The molecule has 7 nitrogen and oxygen atoms in total. The minimum atomic E-state index is 0.0667. The van der Waals surface area contributed by atoms with Gasteiger partial charge in [-0.3, -0.25) is 0 Å². The number of nitrogens with one attached hydrogen (secondary N) is 1. The summed E-state index contributed by atoms with van der Waals surface area (Å²) in [4.78, 5) is 8.78. The molecule has 0 radical (unpaired) electrons. The van der Waals surface area contributed by atoms with Crippen LogP contribution in [-0.4, -0.2) is 22.2 Å². The van der Waals surface area contributed by atoms with Crippen LogP contribution >= 0.6 is 0 Å². The van der Waals surface area contributed by atoms with E-state index in [1.165, 1.54) is 7.11 Å². The minimum absolute atomic E-state index is 0.0667. The predicted molar refractivity (Wildman–Crippen MR) is 120 cm³/mol. The third kappa shape index (κ3) is 4.21. The van der Waals surface area contributed by atoms with Gasteiger partial charge in [-0.1, -0.05) is 0 Å². The average molecular weight is 416 g/mol. The van der Waals surface area contributed by atoms with Crippen LogP contribution in [0.4, 0.5) is 5.95 Å². The largest absolute Gasteiger partial charge is 0.504 e. The molecule has 2 aromatic heterocycles. The second-order valence-corrected chi connectivity index (χ2v) is 7.51. The molecule has 4 aromatic rings. The number of ether oxygens (including phenoxy) is 1. The number of rotatable bonds is 4. The second-order valence-electron chi connectivity index (χ2n) is 7.51. The highest BCUT2D eigenvalue weighted by molar-refractivity contribution is 5.80. The maximum Gasteiger partial charge on any atom is 0.243 e. The van der Waals surface area contributed by atoms with E-state index >= 15 is 0 Å². The van der Waals surface area contributed by atoms with Crippen molar-refractivity contribution in [3.63, 3.8) is 0 Å². The molecule has 2 N–H and O–H groups in total. The molecular weight excluding hydrogens is 392 g/mol. The summed E-state index contributed by atoms with van der Waals surface area (Å²) in [7, 11) is 1.51. The van der Waals surface area contributed by atoms with Gasteiger partial charge in [0, 0.05) is 28.4 Å². The third-order valence-electron chi connectivity index (χ3n) is 5.08. The summed E-state index contributed by atoms with van der Waals surface area (Å²) in [6, 6.07) is 12.9. The summed E-state index contributed by atoms with van der Waals surface area (Å²) >= 11 is 0. The predicted octanol–water partition coefficient (Wildman–Crippen LogP) is 4.77. The maximum atomic E-state index is 9.93. The first-order chi connectivity index (χ1) is 14.8. The molecule has 0 fully saturated rings. The lowest BCUT2D eigenvalue weighted by atomic mass is 10.1. The Morgan fingerprint density at radius 3 is 2.35 bits per heavy atom. The molecule has 0 unspecified atom stereocenters. The fraction of sp³-hybridized carbons (Fsp3) is 0.208. The van der Waals surface area contributed by atoms with Crippen LogP contribution in [0.5, 0.6) is 11.5 Å². The van der Waals surface area contributed by atoms with E-state index < -0.39 is 0 Å². The highest BCUT2D eigenvalue weighted by atomic mass is 16.5. The van der Waals surface area contributed by atoms with E-state index in [1.54, 1.807) is 18.2 Å². The number of methoxy groups -OCH3 is 1. The molecule has 0 atom stereocenters. The summed E-state index contributed by atoms with van der Waals surface area (Å²) in [5, 5.41) is 16.1. The van der Waals surface area contributed by atoms with Gasteiger partial charge >= 0.3 is 0 Å². The van der Waals surface area contributed by atoms with Gasteiger partial charge in [0.25, 0.3) is 0 Å². The van der Waals surface area contributed by atoms with Crippen LogP contribution in [0, 0.1) is 27.7 Å². The van der Waals surface area contributed by atoms with Gasteiger partial charge in [0.05, 0.1) is 12.5 Å². The van der Waals surface area contributed by atoms with Crippen LogP contribution in [0.15, 0.2) is 52.0 Å². The second kappa shape index (κ2) is 8.10. The van der Waals surface area contributed by atoms with Gasteiger partial charge in [-0.15, -0.1) is 0 Å². The summed E-state index contributed by atoms with van der Waals surface area (Å²) in [5.74, 6) is 1.46. The molecule has 0 spiro atoms. The van der Waals surface area contributed by atoms with Gasteiger partial charge in [0.15, 0.2) is 11.5 Å². The molecule has 0 aliphatic carbocycles. The molecule has 0 aliphatic heterocycles. The number of phenolic OH excluding ortho intramolecular Hbond substituents is 1. The first kappa shape index (κ1) is 20.4. The number of benzene rings is 2. The van der Waals surface area contributed by atoms with Gasteiger partial charge in [-0.05, 0) is 75.2 Å². The fourth-order valence-corrected chi connectivity index (χ4v) is 3.38. The van der Waals surface area contributed by atoms with Gasteiger partial charge < -0.3 is 14.3 Å². The Morgan fingerprint density at radius 2 is 1.65 bits per heavy atom. The smallest absolute Gasteiger partial charge is 0.243 e. The van der Waals surface area contributed by atoms with Crippen molar-refractivity contribution in [3.05, 3.63) is 70.3 Å². The molecule has 0 saturated carbocycles. The zero-order chi connectivity index (χ0) is 22.1.